The number of nitrogens with zero attached hydrogens (tertiary/aromatic N) is 2. The molecule has 0 aliphatic rings. The molecule has 0 bridgehead atoms. The molecule has 0 aliphatic carbocycles. The Bertz CT molecular complexity index is 604. The first-order valence-corrected chi connectivity index (χ1v) is 7.51. The third kappa shape index (κ3) is 2.66. The lowest BCUT2D eigenvalue weighted by atomic mass is 9.95. The van der Waals surface area contributed by atoms with Crippen LogP contribution < -0.4 is 11.3 Å². The molecule has 0 aliphatic heterocycles. The molecule has 0 amide bonds. The first-order chi connectivity index (χ1) is 9.47. The predicted molar refractivity (Wildman–Crippen MR) is 85.4 cm³/mol. The number of aromatic nitrogens is 2. The van der Waals surface area contributed by atoms with Crippen LogP contribution in [0.1, 0.15) is 48.3 Å². The van der Waals surface area contributed by atoms with Crippen molar-refractivity contribution < 1.29 is 0 Å². The number of rotatable bonds is 4. The van der Waals surface area contributed by atoms with E-state index in [1.165, 1.54) is 16.7 Å². The molecular weight excluding hydrogens is 316 g/mol. The smallest absolute Gasteiger partial charge is 0.0892 e. The molecule has 20 heavy (non-hydrogen) atoms. The summed E-state index contributed by atoms with van der Waals surface area (Å²) in [6.07, 6.45) is 1.82. The van der Waals surface area contributed by atoms with E-state index in [0.29, 0.717) is 0 Å². The average molecular weight is 337 g/mol. The Kier molecular flexibility index (Phi) is 4.62. The molecule has 2 aromatic rings. The normalized spacial score (nSPS) is 12.9. The molecule has 5 heteroatoms. The van der Waals surface area contributed by atoms with Crippen LogP contribution in [0.3, 0.4) is 0 Å². The van der Waals surface area contributed by atoms with E-state index in [0.717, 1.165) is 10.2 Å². The van der Waals surface area contributed by atoms with Crippen molar-refractivity contribution in [2.75, 3.05) is 0 Å². The van der Waals surface area contributed by atoms with Crippen molar-refractivity contribution in [1.82, 2.24) is 15.2 Å². The SMILES string of the molecule is Cc1cccc(C(NN)c2c(Br)cnn2C(C)C)c1C. The van der Waals surface area contributed by atoms with Crippen LogP contribution in [-0.2, 0) is 0 Å². The molecule has 0 fully saturated rings. The predicted octanol–water partition coefficient (Wildman–Crippen LogP) is 3.40. The van der Waals surface area contributed by atoms with E-state index < -0.39 is 0 Å². The Morgan fingerprint density at radius 2 is 2.00 bits per heavy atom. The number of hydrazine groups is 1. The largest absolute Gasteiger partial charge is 0.271 e. The van der Waals surface area contributed by atoms with Crippen LogP contribution in [0.2, 0.25) is 0 Å². The quantitative estimate of drug-likeness (QED) is 0.664. The fourth-order valence-corrected chi connectivity index (χ4v) is 2.94. The average Bonchev–Trinajstić information content (AvgIpc) is 2.78. The molecule has 4 nitrogen and oxygen atoms in total. The van der Waals surface area contributed by atoms with E-state index in [1.54, 1.807) is 0 Å². The summed E-state index contributed by atoms with van der Waals surface area (Å²) in [5, 5.41) is 4.44. The molecule has 1 unspecified atom stereocenters. The molecule has 0 radical (unpaired) electrons. The molecule has 0 saturated heterocycles. The fourth-order valence-electron chi connectivity index (χ4n) is 2.43. The van der Waals surface area contributed by atoms with Gasteiger partial charge in [0.2, 0.25) is 0 Å². The first-order valence-electron chi connectivity index (χ1n) is 6.72. The number of nitrogens with two attached hydrogens (primary N) is 1. The van der Waals surface area contributed by atoms with E-state index in [1.807, 2.05) is 10.9 Å². The standard InChI is InChI=1S/C15H21BrN4/c1-9(2)20-15(13(16)8-18-20)14(19-17)12-7-5-6-10(3)11(12)4/h5-9,14,19H,17H2,1-4H3. The maximum atomic E-state index is 5.84. The van der Waals surface area contributed by atoms with Gasteiger partial charge in [0, 0.05) is 6.04 Å². The zero-order chi connectivity index (χ0) is 14.9. The Labute approximate surface area is 128 Å². The van der Waals surface area contributed by atoms with Crippen molar-refractivity contribution in [3.63, 3.8) is 0 Å². The van der Waals surface area contributed by atoms with Crippen molar-refractivity contribution in [1.29, 1.82) is 0 Å². The highest BCUT2D eigenvalue weighted by atomic mass is 79.9. The zero-order valence-electron chi connectivity index (χ0n) is 12.3. The molecule has 0 saturated carbocycles. The highest BCUT2D eigenvalue weighted by Crippen LogP contribution is 2.32. The van der Waals surface area contributed by atoms with Crippen molar-refractivity contribution in [3.05, 3.63) is 51.3 Å². The zero-order valence-corrected chi connectivity index (χ0v) is 13.9. The summed E-state index contributed by atoms with van der Waals surface area (Å²) >= 11 is 3.59. The molecule has 1 aromatic carbocycles. The Morgan fingerprint density at radius 1 is 1.30 bits per heavy atom. The van der Waals surface area contributed by atoms with Gasteiger partial charge in [-0.25, -0.2) is 5.43 Å². The third-order valence-corrected chi connectivity index (χ3v) is 4.28. The number of hydrogen-bond acceptors (Lipinski definition) is 3. The van der Waals surface area contributed by atoms with Crippen molar-refractivity contribution in [2.24, 2.45) is 5.84 Å². The van der Waals surface area contributed by atoms with Crippen LogP contribution in [0, 0.1) is 13.8 Å². The third-order valence-electron chi connectivity index (χ3n) is 3.67. The molecule has 1 heterocycles. The van der Waals surface area contributed by atoms with Gasteiger partial charge >= 0.3 is 0 Å². The first kappa shape index (κ1) is 15.2. The molecule has 108 valence electrons. The summed E-state index contributed by atoms with van der Waals surface area (Å²) in [4.78, 5) is 0. The number of halogens is 1. The summed E-state index contributed by atoms with van der Waals surface area (Å²) in [6.45, 7) is 8.46. The van der Waals surface area contributed by atoms with Crippen LogP contribution in [0.25, 0.3) is 0 Å². The Hall–Kier alpha value is -1.17. The summed E-state index contributed by atoms with van der Waals surface area (Å²) in [7, 11) is 0. The summed E-state index contributed by atoms with van der Waals surface area (Å²) in [6, 6.07) is 6.47. The number of benzene rings is 1. The van der Waals surface area contributed by atoms with Gasteiger partial charge < -0.3 is 0 Å². The van der Waals surface area contributed by atoms with Crippen molar-refractivity contribution in [2.45, 2.75) is 39.8 Å². The van der Waals surface area contributed by atoms with Crippen LogP contribution in [0.15, 0.2) is 28.9 Å². The summed E-state index contributed by atoms with van der Waals surface area (Å²) < 4.78 is 2.96. The van der Waals surface area contributed by atoms with Crippen LogP contribution >= 0.6 is 15.9 Å². The highest BCUT2D eigenvalue weighted by Gasteiger charge is 2.23. The lowest BCUT2D eigenvalue weighted by Gasteiger charge is -2.23. The van der Waals surface area contributed by atoms with Crippen LogP contribution in [0.4, 0.5) is 0 Å². The van der Waals surface area contributed by atoms with Crippen LogP contribution in [-0.4, -0.2) is 9.78 Å². The lowest BCUT2D eigenvalue weighted by molar-refractivity contribution is 0.474. The number of hydrogen-bond donors (Lipinski definition) is 2. The summed E-state index contributed by atoms with van der Waals surface area (Å²) in [5.41, 5.74) is 7.67. The Morgan fingerprint density at radius 3 is 2.60 bits per heavy atom. The van der Waals surface area contributed by atoms with Gasteiger partial charge in [-0.05, 0) is 60.3 Å². The van der Waals surface area contributed by atoms with E-state index >= 15 is 0 Å². The lowest BCUT2D eigenvalue weighted by Crippen LogP contribution is -2.32. The maximum Gasteiger partial charge on any atom is 0.0892 e. The monoisotopic (exact) mass is 336 g/mol. The molecule has 3 N–H and O–H groups in total. The van der Waals surface area contributed by atoms with Gasteiger partial charge in [0.1, 0.15) is 0 Å². The van der Waals surface area contributed by atoms with E-state index in [9.17, 15) is 0 Å². The van der Waals surface area contributed by atoms with Gasteiger partial charge in [-0.1, -0.05) is 18.2 Å². The van der Waals surface area contributed by atoms with E-state index in [-0.39, 0.29) is 12.1 Å². The van der Waals surface area contributed by atoms with Crippen molar-refractivity contribution in [3.8, 4) is 0 Å². The number of nitrogens with one attached hydrogen (secondary N) is 1. The molecule has 2 rings (SSSR count). The van der Waals surface area contributed by atoms with Gasteiger partial charge in [-0.2, -0.15) is 5.10 Å². The minimum Gasteiger partial charge on any atom is -0.271 e. The van der Waals surface area contributed by atoms with E-state index in [4.69, 9.17) is 5.84 Å². The van der Waals surface area contributed by atoms with Gasteiger partial charge in [0.15, 0.2) is 0 Å². The second-order valence-corrected chi connectivity index (χ2v) is 6.16. The minimum atomic E-state index is -0.0887. The van der Waals surface area contributed by atoms with Gasteiger partial charge in [0.25, 0.3) is 0 Å². The van der Waals surface area contributed by atoms with Gasteiger partial charge in [-0.3, -0.25) is 10.5 Å². The molecule has 1 aromatic heterocycles. The molecule has 1 atom stereocenters. The highest BCUT2D eigenvalue weighted by molar-refractivity contribution is 9.10. The second-order valence-electron chi connectivity index (χ2n) is 5.30. The minimum absolute atomic E-state index is 0.0887. The molecule has 0 spiro atoms. The second kappa shape index (κ2) is 6.08. The van der Waals surface area contributed by atoms with Gasteiger partial charge in [0.05, 0.1) is 22.4 Å². The van der Waals surface area contributed by atoms with Crippen molar-refractivity contribution >= 4 is 15.9 Å². The summed E-state index contributed by atoms with van der Waals surface area (Å²) in [5.74, 6) is 5.84. The van der Waals surface area contributed by atoms with Gasteiger partial charge in [-0.15, -0.1) is 0 Å². The number of aryl methyl sites for hydroxylation is 1. The maximum absolute atomic E-state index is 5.84. The fraction of sp³-hybridized carbons (Fsp3) is 0.400. The Balaban J connectivity index is 2.58. The van der Waals surface area contributed by atoms with E-state index in [2.05, 4.69) is 72.3 Å². The van der Waals surface area contributed by atoms with Crippen LogP contribution in [0.5, 0.6) is 0 Å². The molecular formula is C15H21BrN4. The topological polar surface area (TPSA) is 55.9 Å².